The maximum atomic E-state index is 12.6. The van der Waals surface area contributed by atoms with E-state index in [2.05, 4.69) is 0 Å². The number of ether oxygens (including phenoxy) is 3. The molecule has 0 spiro atoms. The molecule has 3 aromatic rings. The van der Waals surface area contributed by atoms with Crippen LogP contribution in [0.1, 0.15) is 37.2 Å². The minimum Gasteiger partial charge on any atom is -0.484 e. The highest BCUT2D eigenvalue weighted by Gasteiger charge is 2.21. The lowest BCUT2D eigenvalue weighted by atomic mass is 10.1. The lowest BCUT2D eigenvalue weighted by molar-refractivity contribution is -1.22. The van der Waals surface area contributed by atoms with E-state index in [-0.39, 0.29) is 19.1 Å². The summed E-state index contributed by atoms with van der Waals surface area (Å²) in [6.45, 7) is 2.05. The number of carbonyl (C=O) groups excluding carboxylic acids is 2. The Morgan fingerprint density at radius 2 is 1.81 bits per heavy atom. The number of benzene rings is 2. The minimum atomic E-state index is -1.03. The molecule has 0 saturated carbocycles. The average Bonchev–Trinajstić information content (AvgIpc) is 3.38. The van der Waals surface area contributed by atoms with Crippen LogP contribution in [0, 0.1) is 0 Å². The summed E-state index contributed by atoms with van der Waals surface area (Å²) in [6.07, 6.45) is -0.898. The predicted octanol–water partition coefficient (Wildman–Crippen LogP) is 5.55. The van der Waals surface area contributed by atoms with Crippen LogP contribution in [0.15, 0.2) is 60.0 Å². The molecule has 200 valence electrons. The Morgan fingerprint density at radius 1 is 1.05 bits per heavy atom. The highest BCUT2D eigenvalue weighted by molar-refractivity contribution is 7.10. The molecule has 1 amide bonds. The SMILES string of the molecule is CC(OC(=O)CCCO[N+](C)(C)O)OC(=O)N(C)CCC(Oc1cccc2ccccc12)c1cccs1. The van der Waals surface area contributed by atoms with Crippen molar-refractivity contribution < 1.29 is 38.7 Å². The number of amides is 1. The number of fused-ring (bicyclic) bond motifs is 1. The standard InChI is InChI=1S/C27H35N2O7S/c1-20(34-26(30)15-8-18-33-29(3,4)32)35-27(31)28(2)17-16-24(25-14-9-19-37-25)36-23-13-7-11-21-10-5-6-12-22(21)23/h5-7,9-14,19-20,24,32H,8,15-18H2,1-4H3/q+1. The van der Waals surface area contributed by atoms with Crippen molar-refractivity contribution in [2.24, 2.45) is 0 Å². The second-order valence-corrected chi connectivity index (χ2v) is 9.96. The quantitative estimate of drug-likeness (QED) is 0.102. The van der Waals surface area contributed by atoms with E-state index in [1.807, 2.05) is 60.0 Å². The molecule has 9 nitrogen and oxygen atoms in total. The van der Waals surface area contributed by atoms with Crippen molar-refractivity contribution in [3.05, 3.63) is 64.9 Å². The average molecular weight is 532 g/mol. The Kier molecular flexibility index (Phi) is 10.3. The summed E-state index contributed by atoms with van der Waals surface area (Å²) in [6, 6.07) is 18.0. The molecule has 2 unspecified atom stereocenters. The van der Waals surface area contributed by atoms with E-state index in [0.717, 1.165) is 21.4 Å². The molecule has 0 radical (unpaired) electrons. The van der Waals surface area contributed by atoms with E-state index in [1.54, 1.807) is 18.4 Å². The van der Waals surface area contributed by atoms with Crippen molar-refractivity contribution in [2.75, 3.05) is 34.3 Å². The molecule has 0 aliphatic carbocycles. The first-order valence-corrected chi connectivity index (χ1v) is 13.0. The second kappa shape index (κ2) is 13.4. The fraction of sp³-hybridized carbons (Fsp3) is 0.407. The van der Waals surface area contributed by atoms with Gasteiger partial charge in [0.15, 0.2) is 0 Å². The highest BCUT2D eigenvalue weighted by atomic mass is 32.1. The van der Waals surface area contributed by atoms with E-state index in [1.165, 1.54) is 25.9 Å². The van der Waals surface area contributed by atoms with Crippen LogP contribution in [-0.4, -0.2) is 67.6 Å². The molecular weight excluding hydrogens is 496 g/mol. The first-order valence-electron chi connectivity index (χ1n) is 12.1. The lowest BCUT2D eigenvalue weighted by Gasteiger charge is -2.24. The Morgan fingerprint density at radius 3 is 2.54 bits per heavy atom. The molecule has 1 N–H and O–H groups in total. The van der Waals surface area contributed by atoms with Gasteiger partial charge in [0.2, 0.25) is 6.29 Å². The van der Waals surface area contributed by atoms with E-state index >= 15 is 0 Å². The number of rotatable bonds is 13. The zero-order valence-electron chi connectivity index (χ0n) is 21.7. The summed E-state index contributed by atoms with van der Waals surface area (Å²) in [7, 11) is 4.54. The molecule has 0 aliphatic rings. The van der Waals surface area contributed by atoms with Gasteiger partial charge in [-0.1, -0.05) is 47.3 Å². The molecule has 0 aliphatic heterocycles. The van der Waals surface area contributed by atoms with E-state index in [9.17, 15) is 14.8 Å². The number of nitrogens with zero attached hydrogens (tertiary/aromatic N) is 2. The fourth-order valence-corrected chi connectivity index (χ4v) is 4.38. The first kappa shape index (κ1) is 28.4. The van der Waals surface area contributed by atoms with Gasteiger partial charge in [-0.05, 0) is 29.3 Å². The third-order valence-corrected chi connectivity index (χ3v) is 6.38. The normalized spacial score (nSPS) is 13.1. The van der Waals surface area contributed by atoms with Gasteiger partial charge in [0, 0.05) is 43.6 Å². The van der Waals surface area contributed by atoms with Crippen molar-refractivity contribution in [1.82, 2.24) is 4.90 Å². The number of hydrogen-bond donors (Lipinski definition) is 1. The van der Waals surface area contributed by atoms with Gasteiger partial charge < -0.3 is 19.1 Å². The van der Waals surface area contributed by atoms with Crippen LogP contribution < -0.4 is 4.74 Å². The number of thiophene rings is 1. The van der Waals surface area contributed by atoms with Gasteiger partial charge in [-0.3, -0.25) is 4.79 Å². The summed E-state index contributed by atoms with van der Waals surface area (Å²) in [5, 5.41) is 13.6. The fourth-order valence-electron chi connectivity index (χ4n) is 3.59. The number of hydrogen-bond acceptors (Lipinski definition) is 8. The Hall–Kier alpha value is -3.18. The van der Waals surface area contributed by atoms with Gasteiger partial charge in [0.25, 0.3) is 0 Å². The summed E-state index contributed by atoms with van der Waals surface area (Å²) < 4.78 is 16.9. The van der Waals surface area contributed by atoms with Crippen LogP contribution in [0.4, 0.5) is 4.79 Å². The van der Waals surface area contributed by atoms with Crippen molar-refractivity contribution in [2.45, 2.75) is 38.6 Å². The van der Waals surface area contributed by atoms with Crippen LogP contribution in [0.5, 0.6) is 5.75 Å². The van der Waals surface area contributed by atoms with Crippen LogP contribution in [-0.2, 0) is 19.1 Å². The Balaban J connectivity index is 1.50. The van der Waals surface area contributed by atoms with Crippen LogP contribution >= 0.6 is 11.3 Å². The number of carbonyl (C=O) groups is 2. The van der Waals surface area contributed by atoms with E-state index in [0.29, 0.717) is 19.4 Å². The van der Waals surface area contributed by atoms with Gasteiger partial charge >= 0.3 is 12.1 Å². The lowest BCUT2D eigenvalue weighted by Crippen LogP contribution is -2.35. The second-order valence-electron chi connectivity index (χ2n) is 8.98. The van der Waals surface area contributed by atoms with Crippen LogP contribution in [0.25, 0.3) is 10.8 Å². The topological polar surface area (TPSA) is 94.5 Å². The third kappa shape index (κ3) is 9.32. The molecule has 10 heteroatoms. The van der Waals surface area contributed by atoms with Gasteiger partial charge in [0.1, 0.15) is 32.6 Å². The first-order chi connectivity index (χ1) is 17.6. The summed E-state index contributed by atoms with van der Waals surface area (Å²) >= 11 is 1.60. The van der Waals surface area contributed by atoms with E-state index in [4.69, 9.17) is 19.0 Å². The van der Waals surface area contributed by atoms with Gasteiger partial charge in [0.05, 0.1) is 0 Å². The monoisotopic (exact) mass is 531 g/mol. The molecule has 0 saturated heterocycles. The number of quaternary nitrogens is 1. The molecule has 0 fully saturated rings. The van der Waals surface area contributed by atoms with Crippen molar-refractivity contribution >= 4 is 34.2 Å². The van der Waals surface area contributed by atoms with Gasteiger partial charge in [-0.15, -0.1) is 11.3 Å². The van der Waals surface area contributed by atoms with Gasteiger partial charge in [-0.25, -0.2) is 4.79 Å². The molecule has 3 rings (SSSR count). The summed E-state index contributed by atoms with van der Waals surface area (Å²) in [5.74, 6) is 0.269. The summed E-state index contributed by atoms with van der Waals surface area (Å²) in [5.41, 5.74) is 0. The molecule has 37 heavy (non-hydrogen) atoms. The smallest absolute Gasteiger partial charge is 0.412 e. The molecule has 0 bridgehead atoms. The van der Waals surface area contributed by atoms with Gasteiger partial charge in [-0.2, -0.15) is 10.0 Å². The molecule has 2 atom stereocenters. The van der Waals surface area contributed by atoms with E-state index < -0.39 is 23.2 Å². The summed E-state index contributed by atoms with van der Waals surface area (Å²) in [4.78, 5) is 31.5. The van der Waals surface area contributed by atoms with Crippen LogP contribution in [0.2, 0.25) is 0 Å². The molecule has 1 heterocycles. The van der Waals surface area contributed by atoms with Crippen molar-refractivity contribution in [1.29, 1.82) is 0 Å². The zero-order chi connectivity index (χ0) is 26.8. The molecule has 1 aromatic heterocycles. The zero-order valence-corrected chi connectivity index (χ0v) is 22.5. The largest absolute Gasteiger partial charge is 0.484 e. The Labute approximate surface area is 221 Å². The third-order valence-electron chi connectivity index (χ3n) is 5.41. The Bertz CT molecular complexity index is 1140. The predicted molar refractivity (Wildman–Crippen MR) is 140 cm³/mol. The highest BCUT2D eigenvalue weighted by Crippen LogP contribution is 2.33. The van der Waals surface area contributed by atoms with Crippen LogP contribution in [0.3, 0.4) is 0 Å². The number of esters is 1. The van der Waals surface area contributed by atoms with Crippen molar-refractivity contribution in [3.63, 3.8) is 0 Å². The molecule has 2 aromatic carbocycles. The van der Waals surface area contributed by atoms with Crippen molar-refractivity contribution in [3.8, 4) is 5.75 Å². The minimum absolute atomic E-state index is 0.0751. The number of hydroxylamine groups is 4. The maximum absolute atomic E-state index is 12.6. The maximum Gasteiger partial charge on any atom is 0.412 e. The molecular formula is C27H35N2O7S+.